The number of hydrogen-bond donors (Lipinski definition) is 1. The van der Waals surface area contributed by atoms with Crippen LogP contribution in [0, 0.1) is 11.8 Å². The van der Waals surface area contributed by atoms with Crippen molar-refractivity contribution < 1.29 is 17.9 Å². The van der Waals surface area contributed by atoms with E-state index >= 15 is 0 Å². The molecule has 2 aromatic rings. The van der Waals surface area contributed by atoms with Crippen LogP contribution in [0.25, 0.3) is 0 Å². The molecule has 10 heteroatoms. The van der Waals surface area contributed by atoms with Crippen molar-refractivity contribution in [3.05, 3.63) is 36.2 Å². The number of para-hydroxylation sites is 1. The number of amides is 1. The number of carbonyl (C=O) groups is 1. The number of methoxy groups -OCH3 is 1. The molecule has 4 heterocycles. The Balaban J connectivity index is 1.42. The summed E-state index contributed by atoms with van der Waals surface area (Å²) in [5.41, 5.74) is 0.366. The van der Waals surface area contributed by atoms with Gasteiger partial charge in [-0.3, -0.25) is 9.89 Å². The Morgan fingerprint density at radius 1 is 1.18 bits per heavy atom. The van der Waals surface area contributed by atoms with Crippen LogP contribution in [0.1, 0.15) is 23.3 Å². The van der Waals surface area contributed by atoms with Crippen LogP contribution in [0.4, 0.5) is 0 Å². The van der Waals surface area contributed by atoms with Gasteiger partial charge in [0.15, 0.2) is 0 Å². The number of nitrogens with one attached hydrogen (secondary N) is 1. The SMILES string of the molecule is COc1ccccc1S(=O)(=O)N1[C@@H]2CC[C@H]1[C@@H]1CN(C(=O)c3cnn[nH]3)C[C@@H]12. The highest BCUT2D eigenvalue weighted by Crippen LogP contribution is 2.52. The molecule has 1 aromatic heterocycles. The van der Waals surface area contributed by atoms with Crippen molar-refractivity contribution in [2.24, 2.45) is 11.8 Å². The lowest BCUT2D eigenvalue weighted by molar-refractivity contribution is 0.0767. The number of rotatable bonds is 4. The molecule has 9 nitrogen and oxygen atoms in total. The van der Waals surface area contributed by atoms with E-state index in [9.17, 15) is 13.2 Å². The highest BCUT2D eigenvalue weighted by Gasteiger charge is 2.61. The summed E-state index contributed by atoms with van der Waals surface area (Å²) in [5.74, 6) is 0.548. The van der Waals surface area contributed by atoms with Crippen molar-refractivity contribution in [1.29, 1.82) is 0 Å². The van der Waals surface area contributed by atoms with Gasteiger partial charge in [0.2, 0.25) is 10.0 Å². The van der Waals surface area contributed by atoms with Crippen LogP contribution in [-0.2, 0) is 10.0 Å². The molecule has 3 saturated heterocycles. The van der Waals surface area contributed by atoms with Crippen LogP contribution in [-0.4, -0.2) is 71.2 Å². The summed E-state index contributed by atoms with van der Waals surface area (Å²) < 4.78 is 33.9. The maximum atomic E-state index is 13.5. The first-order valence-electron chi connectivity index (χ1n) is 9.34. The summed E-state index contributed by atoms with van der Waals surface area (Å²) in [4.78, 5) is 14.6. The average molecular weight is 403 g/mol. The predicted octanol–water partition coefficient (Wildman–Crippen LogP) is 0.737. The van der Waals surface area contributed by atoms with Gasteiger partial charge in [-0.1, -0.05) is 17.3 Å². The van der Waals surface area contributed by atoms with E-state index in [1.807, 2.05) is 0 Å². The summed E-state index contributed by atoms with van der Waals surface area (Å²) in [6, 6.07) is 6.59. The van der Waals surface area contributed by atoms with E-state index < -0.39 is 10.0 Å². The smallest absolute Gasteiger partial charge is 0.273 e. The molecule has 1 N–H and O–H groups in total. The van der Waals surface area contributed by atoms with Gasteiger partial charge in [-0.15, -0.1) is 5.10 Å². The van der Waals surface area contributed by atoms with E-state index in [1.165, 1.54) is 13.3 Å². The normalized spacial score (nSPS) is 29.2. The van der Waals surface area contributed by atoms with Crippen molar-refractivity contribution >= 4 is 15.9 Å². The van der Waals surface area contributed by atoms with Crippen LogP contribution < -0.4 is 4.74 Å². The number of likely N-dealkylation sites (tertiary alicyclic amines) is 1. The molecule has 3 aliphatic heterocycles. The molecule has 3 fully saturated rings. The minimum absolute atomic E-state index is 0.0809. The number of ether oxygens (including phenoxy) is 1. The van der Waals surface area contributed by atoms with Gasteiger partial charge >= 0.3 is 0 Å². The van der Waals surface area contributed by atoms with Crippen molar-refractivity contribution in [1.82, 2.24) is 24.6 Å². The highest BCUT2D eigenvalue weighted by atomic mass is 32.2. The van der Waals surface area contributed by atoms with Crippen LogP contribution >= 0.6 is 0 Å². The highest BCUT2D eigenvalue weighted by molar-refractivity contribution is 7.89. The van der Waals surface area contributed by atoms with Gasteiger partial charge in [-0.05, 0) is 36.8 Å². The fourth-order valence-electron chi connectivity index (χ4n) is 5.26. The average Bonchev–Trinajstić information content (AvgIpc) is 3.48. The number of aromatic nitrogens is 3. The lowest BCUT2D eigenvalue weighted by Gasteiger charge is -2.27. The molecule has 0 saturated carbocycles. The predicted molar refractivity (Wildman–Crippen MR) is 98.1 cm³/mol. The maximum absolute atomic E-state index is 13.5. The molecular weight excluding hydrogens is 382 g/mol. The second-order valence-electron chi connectivity index (χ2n) is 7.61. The number of nitrogens with zero attached hydrogens (tertiary/aromatic N) is 4. The fourth-order valence-corrected chi connectivity index (χ4v) is 7.37. The zero-order chi connectivity index (χ0) is 19.5. The van der Waals surface area contributed by atoms with Gasteiger partial charge in [0.1, 0.15) is 16.3 Å². The topological polar surface area (TPSA) is 108 Å². The van der Waals surface area contributed by atoms with Crippen molar-refractivity contribution in [3.63, 3.8) is 0 Å². The Morgan fingerprint density at radius 2 is 1.86 bits per heavy atom. The number of benzene rings is 1. The molecule has 4 atom stereocenters. The largest absolute Gasteiger partial charge is 0.495 e. The van der Waals surface area contributed by atoms with Crippen molar-refractivity contribution in [3.8, 4) is 5.75 Å². The molecule has 1 aromatic carbocycles. The summed E-state index contributed by atoms with van der Waals surface area (Å²) in [6.07, 6.45) is 3.07. The summed E-state index contributed by atoms with van der Waals surface area (Å²) in [6.45, 7) is 1.11. The Hall–Kier alpha value is -2.46. The van der Waals surface area contributed by atoms with Crippen molar-refractivity contribution in [2.45, 2.75) is 29.8 Å². The van der Waals surface area contributed by atoms with Gasteiger partial charge in [-0.2, -0.15) is 4.31 Å². The Bertz CT molecular complexity index is 989. The molecule has 2 bridgehead atoms. The first-order chi connectivity index (χ1) is 13.5. The third-order valence-corrected chi connectivity index (χ3v) is 8.36. The van der Waals surface area contributed by atoms with E-state index in [-0.39, 0.29) is 34.7 Å². The number of sulfonamides is 1. The zero-order valence-corrected chi connectivity index (χ0v) is 16.2. The summed E-state index contributed by atoms with van der Waals surface area (Å²) in [7, 11) is -2.18. The van der Waals surface area contributed by atoms with Gasteiger partial charge in [0.05, 0.1) is 13.3 Å². The number of fused-ring (bicyclic) bond motifs is 5. The lowest BCUT2D eigenvalue weighted by atomic mass is 9.82. The molecule has 28 heavy (non-hydrogen) atoms. The quantitative estimate of drug-likeness (QED) is 0.807. The van der Waals surface area contributed by atoms with Gasteiger partial charge < -0.3 is 9.64 Å². The third kappa shape index (κ3) is 2.40. The van der Waals surface area contributed by atoms with Crippen LogP contribution in [0.2, 0.25) is 0 Å². The van der Waals surface area contributed by atoms with Crippen molar-refractivity contribution in [2.75, 3.05) is 20.2 Å². The lowest BCUT2D eigenvalue weighted by Crippen LogP contribution is -2.41. The van der Waals surface area contributed by atoms with E-state index in [0.717, 1.165) is 12.8 Å². The number of carbonyl (C=O) groups excluding carboxylic acids is 1. The van der Waals surface area contributed by atoms with Gasteiger partial charge in [-0.25, -0.2) is 8.42 Å². The fraction of sp³-hybridized carbons (Fsp3) is 0.500. The molecule has 148 valence electrons. The molecule has 0 aliphatic carbocycles. The molecule has 1 amide bonds. The molecule has 5 rings (SSSR count). The van der Waals surface area contributed by atoms with Gasteiger partial charge in [0, 0.05) is 25.2 Å². The molecule has 0 radical (unpaired) electrons. The van der Waals surface area contributed by atoms with E-state index in [4.69, 9.17) is 4.74 Å². The first-order valence-corrected chi connectivity index (χ1v) is 10.8. The van der Waals surface area contributed by atoms with E-state index in [1.54, 1.807) is 33.5 Å². The van der Waals surface area contributed by atoms with E-state index in [2.05, 4.69) is 15.4 Å². The molecule has 3 aliphatic rings. The van der Waals surface area contributed by atoms with Gasteiger partial charge in [0.25, 0.3) is 5.91 Å². The minimum atomic E-state index is -3.66. The second kappa shape index (κ2) is 6.28. The van der Waals surface area contributed by atoms with E-state index in [0.29, 0.717) is 24.5 Å². The maximum Gasteiger partial charge on any atom is 0.273 e. The molecule has 0 unspecified atom stereocenters. The van der Waals surface area contributed by atoms with Crippen LogP contribution in [0.15, 0.2) is 35.4 Å². The third-order valence-electron chi connectivity index (χ3n) is 6.37. The number of aromatic amines is 1. The number of hydrogen-bond acceptors (Lipinski definition) is 6. The number of H-pyrrole nitrogens is 1. The Kier molecular flexibility index (Phi) is 3.95. The molecule has 0 spiro atoms. The first kappa shape index (κ1) is 17.6. The standard InChI is InChI=1S/C18H21N5O4S/c1-27-16-4-2-3-5-17(16)28(25,26)23-14-6-7-15(23)12-10-22(9-11(12)14)18(24)13-8-19-21-20-13/h2-5,8,11-12,14-15H,6-7,9-10H2,1H3,(H,19,20,21)/t11-,12+,14+,15-. The Morgan fingerprint density at radius 3 is 2.46 bits per heavy atom. The van der Waals surface area contributed by atoms with Crippen LogP contribution in [0.3, 0.4) is 0 Å². The molecular formula is C18H21N5O4S. The monoisotopic (exact) mass is 403 g/mol. The van der Waals surface area contributed by atoms with Crippen LogP contribution in [0.5, 0.6) is 5.75 Å². The Labute approximate surface area is 162 Å². The second-order valence-corrected chi connectivity index (χ2v) is 9.42. The minimum Gasteiger partial charge on any atom is -0.495 e. The summed E-state index contributed by atoms with van der Waals surface area (Å²) in [5, 5.41) is 9.88. The summed E-state index contributed by atoms with van der Waals surface area (Å²) >= 11 is 0. The zero-order valence-electron chi connectivity index (χ0n) is 15.4.